The molecule has 98 valence electrons. The number of likely N-dealkylation sites (tertiary alicyclic amines) is 1. The highest BCUT2D eigenvalue weighted by atomic mass is 79.9. The molecule has 0 spiro atoms. The van der Waals surface area contributed by atoms with Crippen LogP contribution >= 0.6 is 15.9 Å². The first-order chi connectivity index (χ1) is 8.66. The standard InChI is InChI=1S/C15H20BrNO/c1-12-11-14(16)7-5-13(12)6-8-15(18)17-9-3-2-4-10-17/h5,7,11H,2-4,6,8-10H2,1H3. The van der Waals surface area contributed by atoms with Crippen molar-refractivity contribution in [1.29, 1.82) is 0 Å². The molecule has 0 bridgehead atoms. The molecular weight excluding hydrogens is 290 g/mol. The van der Waals surface area contributed by atoms with E-state index in [4.69, 9.17) is 0 Å². The fourth-order valence-corrected chi connectivity index (χ4v) is 2.96. The minimum atomic E-state index is 0.317. The maximum atomic E-state index is 12.1. The van der Waals surface area contributed by atoms with E-state index >= 15 is 0 Å². The number of benzene rings is 1. The van der Waals surface area contributed by atoms with Crippen molar-refractivity contribution in [3.8, 4) is 0 Å². The summed E-state index contributed by atoms with van der Waals surface area (Å²) in [7, 11) is 0. The van der Waals surface area contributed by atoms with Gasteiger partial charge < -0.3 is 4.90 Å². The van der Waals surface area contributed by atoms with Crippen LogP contribution in [0.3, 0.4) is 0 Å². The maximum absolute atomic E-state index is 12.1. The molecule has 1 aliphatic heterocycles. The van der Waals surface area contributed by atoms with Crippen LogP contribution in [0.25, 0.3) is 0 Å². The minimum Gasteiger partial charge on any atom is -0.343 e. The summed E-state index contributed by atoms with van der Waals surface area (Å²) in [4.78, 5) is 14.1. The smallest absolute Gasteiger partial charge is 0.222 e. The first-order valence-electron chi connectivity index (χ1n) is 6.69. The van der Waals surface area contributed by atoms with Gasteiger partial charge in [-0.3, -0.25) is 4.79 Å². The Morgan fingerprint density at radius 3 is 2.67 bits per heavy atom. The van der Waals surface area contributed by atoms with Crippen LogP contribution in [-0.2, 0) is 11.2 Å². The van der Waals surface area contributed by atoms with Crippen LogP contribution in [-0.4, -0.2) is 23.9 Å². The highest BCUT2D eigenvalue weighted by Crippen LogP contribution is 2.18. The number of amides is 1. The first kappa shape index (κ1) is 13.6. The first-order valence-corrected chi connectivity index (χ1v) is 7.49. The second-order valence-corrected chi connectivity index (χ2v) is 5.93. The Morgan fingerprint density at radius 2 is 2.00 bits per heavy atom. The summed E-state index contributed by atoms with van der Waals surface area (Å²) in [6.07, 6.45) is 5.11. The average Bonchev–Trinajstić information content (AvgIpc) is 2.38. The summed E-state index contributed by atoms with van der Waals surface area (Å²) in [5, 5.41) is 0. The van der Waals surface area contributed by atoms with Gasteiger partial charge >= 0.3 is 0 Å². The van der Waals surface area contributed by atoms with Crippen LogP contribution < -0.4 is 0 Å². The van der Waals surface area contributed by atoms with Gasteiger partial charge in [-0.1, -0.05) is 22.0 Å². The quantitative estimate of drug-likeness (QED) is 0.833. The number of halogens is 1. The van der Waals surface area contributed by atoms with E-state index in [1.165, 1.54) is 30.4 Å². The van der Waals surface area contributed by atoms with Gasteiger partial charge in [0.2, 0.25) is 5.91 Å². The van der Waals surface area contributed by atoms with Crippen molar-refractivity contribution in [2.75, 3.05) is 13.1 Å². The number of hydrogen-bond donors (Lipinski definition) is 0. The zero-order chi connectivity index (χ0) is 13.0. The van der Waals surface area contributed by atoms with Gasteiger partial charge in [0, 0.05) is 24.0 Å². The summed E-state index contributed by atoms with van der Waals surface area (Å²) in [6.45, 7) is 4.02. The third kappa shape index (κ3) is 3.58. The predicted octanol–water partition coefficient (Wildman–Crippen LogP) is 3.70. The molecule has 1 aliphatic rings. The number of rotatable bonds is 3. The Bertz CT molecular complexity index is 425. The van der Waals surface area contributed by atoms with Crippen LogP contribution in [0.5, 0.6) is 0 Å². The van der Waals surface area contributed by atoms with Gasteiger partial charge in [0.15, 0.2) is 0 Å². The lowest BCUT2D eigenvalue weighted by atomic mass is 10.0. The molecule has 0 aliphatic carbocycles. The van der Waals surface area contributed by atoms with Gasteiger partial charge in [0.1, 0.15) is 0 Å². The summed E-state index contributed by atoms with van der Waals surface area (Å²) in [5.41, 5.74) is 2.54. The Hall–Kier alpha value is -0.830. The van der Waals surface area contributed by atoms with Crippen molar-refractivity contribution in [2.24, 2.45) is 0 Å². The molecule has 0 N–H and O–H groups in total. The molecule has 0 radical (unpaired) electrons. The molecule has 1 amide bonds. The van der Waals surface area contributed by atoms with Crippen LogP contribution in [0, 0.1) is 6.92 Å². The molecular formula is C15H20BrNO. The molecule has 1 saturated heterocycles. The molecule has 1 heterocycles. The SMILES string of the molecule is Cc1cc(Br)ccc1CCC(=O)N1CCCCC1. The number of carbonyl (C=O) groups excluding carboxylic acids is 1. The lowest BCUT2D eigenvalue weighted by Gasteiger charge is -2.26. The Balaban J connectivity index is 1.88. The number of hydrogen-bond acceptors (Lipinski definition) is 1. The van der Waals surface area contributed by atoms with Gasteiger partial charge in [-0.05, 0) is 55.9 Å². The van der Waals surface area contributed by atoms with E-state index in [1.807, 2.05) is 11.0 Å². The average molecular weight is 310 g/mol. The molecule has 0 unspecified atom stereocenters. The van der Waals surface area contributed by atoms with Crippen molar-refractivity contribution in [2.45, 2.75) is 39.0 Å². The van der Waals surface area contributed by atoms with E-state index in [2.05, 4.69) is 35.0 Å². The molecule has 2 rings (SSSR count). The van der Waals surface area contributed by atoms with E-state index in [0.717, 1.165) is 24.0 Å². The molecule has 3 heteroatoms. The third-order valence-corrected chi connectivity index (χ3v) is 4.11. The predicted molar refractivity (Wildman–Crippen MR) is 77.6 cm³/mol. The van der Waals surface area contributed by atoms with Crippen LogP contribution in [0.2, 0.25) is 0 Å². The number of piperidine rings is 1. The molecule has 1 aromatic rings. The van der Waals surface area contributed by atoms with Crippen molar-refractivity contribution in [3.05, 3.63) is 33.8 Å². The van der Waals surface area contributed by atoms with Crippen molar-refractivity contribution in [3.63, 3.8) is 0 Å². The van der Waals surface area contributed by atoms with Crippen LogP contribution in [0.1, 0.15) is 36.8 Å². The maximum Gasteiger partial charge on any atom is 0.222 e. The normalized spacial score (nSPS) is 15.8. The molecule has 1 fully saturated rings. The minimum absolute atomic E-state index is 0.317. The Kier molecular flexibility index (Phi) is 4.81. The number of nitrogens with zero attached hydrogens (tertiary/aromatic N) is 1. The summed E-state index contributed by atoms with van der Waals surface area (Å²) >= 11 is 3.46. The highest BCUT2D eigenvalue weighted by Gasteiger charge is 2.16. The van der Waals surface area contributed by atoms with E-state index in [9.17, 15) is 4.79 Å². The Labute approximate surface area is 117 Å². The molecule has 1 aromatic carbocycles. The Morgan fingerprint density at radius 1 is 1.28 bits per heavy atom. The van der Waals surface area contributed by atoms with E-state index in [0.29, 0.717) is 12.3 Å². The fourth-order valence-electron chi connectivity index (χ4n) is 2.48. The molecule has 0 aromatic heterocycles. The van der Waals surface area contributed by atoms with Crippen molar-refractivity contribution in [1.82, 2.24) is 4.90 Å². The van der Waals surface area contributed by atoms with Crippen molar-refractivity contribution >= 4 is 21.8 Å². The highest BCUT2D eigenvalue weighted by molar-refractivity contribution is 9.10. The summed E-state index contributed by atoms with van der Waals surface area (Å²) in [6, 6.07) is 6.28. The van der Waals surface area contributed by atoms with Crippen LogP contribution in [0.4, 0.5) is 0 Å². The topological polar surface area (TPSA) is 20.3 Å². The largest absolute Gasteiger partial charge is 0.343 e. The zero-order valence-electron chi connectivity index (χ0n) is 10.9. The monoisotopic (exact) mass is 309 g/mol. The fraction of sp³-hybridized carbons (Fsp3) is 0.533. The van der Waals surface area contributed by atoms with Gasteiger partial charge in [0.25, 0.3) is 0 Å². The van der Waals surface area contributed by atoms with E-state index in [1.54, 1.807) is 0 Å². The zero-order valence-corrected chi connectivity index (χ0v) is 12.5. The van der Waals surface area contributed by atoms with E-state index in [-0.39, 0.29) is 0 Å². The van der Waals surface area contributed by atoms with Gasteiger partial charge in [-0.25, -0.2) is 0 Å². The number of aryl methyl sites for hydroxylation is 2. The number of carbonyl (C=O) groups is 1. The third-order valence-electron chi connectivity index (χ3n) is 3.62. The summed E-state index contributed by atoms with van der Waals surface area (Å²) < 4.78 is 1.10. The lowest BCUT2D eigenvalue weighted by Crippen LogP contribution is -2.35. The van der Waals surface area contributed by atoms with Crippen LogP contribution in [0.15, 0.2) is 22.7 Å². The lowest BCUT2D eigenvalue weighted by molar-refractivity contribution is -0.132. The van der Waals surface area contributed by atoms with Gasteiger partial charge in [0.05, 0.1) is 0 Å². The molecule has 2 nitrogen and oxygen atoms in total. The van der Waals surface area contributed by atoms with Crippen molar-refractivity contribution < 1.29 is 4.79 Å². The second kappa shape index (κ2) is 6.37. The van der Waals surface area contributed by atoms with Gasteiger partial charge in [-0.15, -0.1) is 0 Å². The van der Waals surface area contributed by atoms with Gasteiger partial charge in [-0.2, -0.15) is 0 Å². The second-order valence-electron chi connectivity index (χ2n) is 5.01. The summed E-state index contributed by atoms with van der Waals surface area (Å²) in [5.74, 6) is 0.317. The molecule has 0 saturated carbocycles. The molecule has 0 atom stereocenters. The molecule has 18 heavy (non-hydrogen) atoms. The van der Waals surface area contributed by atoms with E-state index < -0.39 is 0 Å².